The van der Waals surface area contributed by atoms with Gasteiger partial charge in [-0.15, -0.1) is 0 Å². The predicted octanol–water partition coefficient (Wildman–Crippen LogP) is 1.77. The van der Waals surface area contributed by atoms with E-state index in [0.29, 0.717) is 0 Å². The molecule has 0 aliphatic carbocycles. The molecule has 3 nitrogen and oxygen atoms in total. The maximum atomic E-state index is 3.54. The molecule has 0 spiro atoms. The number of rotatable bonds is 7. The molecule has 0 bridgehead atoms. The number of nitrogens with one attached hydrogen (secondary N) is 2. The molecule has 0 amide bonds. The van der Waals surface area contributed by atoms with Crippen LogP contribution in [0.25, 0.3) is 0 Å². The van der Waals surface area contributed by atoms with Crippen LogP contribution in [0, 0.1) is 6.92 Å². The van der Waals surface area contributed by atoms with E-state index in [9.17, 15) is 0 Å². The first-order valence-electron chi connectivity index (χ1n) is 7.54. The summed E-state index contributed by atoms with van der Waals surface area (Å²) in [6.45, 7) is 10.3. The molecule has 1 heterocycles. The third kappa shape index (κ3) is 5.72. The summed E-state index contributed by atoms with van der Waals surface area (Å²) in [7, 11) is 0. The summed E-state index contributed by atoms with van der Waals surface area (Å²) in [5.74, 6) is 0. The van der Waals surface area contributed by atoms with Crippen LogP contribution in [-0.4, -0.2) is 44.2 Å². The maximum absolute atomic E-state index is 3.54. The van der Waals surface area contributed by atoms with Gasteiger partial charge >= 0.3 is 0 Å². The first kappa shape index (κ1) is 14.5. The lowest BCUT2D eigenvalue weighted by Crippen LogP contribution is -2.43. The van der Waals surface area contributed by atoms with Crippen molar-refractivity contribution in [2.45, 2.75) is 26.3 Å². The molecule has 0 aromatic heterocycles. The van der Waals surface area contributed by atoms with Crippen molar-refractivity contribution in [1.82, 2.24) is 15.5 Å². The topological polar surface area (TPSA) is 27.3 Å². The zero-order valence-electron chi connectivity index (χ0n) is 12.1. The van der Waals surface area contributed by atoms with Crippen LogP contribution in [0.1, 0.15) is 24.0 Å². The molecular formula is C16H27N3. The Labute approximate surface area is 117 Å². The van der Waals surface area contributed by atoms with Crippen molar-refractivity contribution in [2.24, 2.45) is 0 Å². The van der Waals surface area contributed by atoms with E-state index >= 15 is 0 Å². The molecule has 1 aliphatic heterocycles. The smallest absolute Gasteiger partial charge is 0.0205 e. The van der Waals surface area contributed by atoms with E-state index in [-0.39, 0.29) is 0 Å². The van der Waals surface area contributed by atoms with Crippen LogP contribution in [-0.2, 0) is 6.54 Å². The molecule has 0 atom stereocenters. The zero-order chi connectivity index (χ0) is 13.3. The molecule has 19 heavy (non-hydrogen) atoms. The number of piperazine rings is 1. The fourth-order valence-corrected chi connectivity index (χ4v) is 2.57. The lowest BCUT2D eigenvalue weighted by atomic mass is 10.1. The average molecular weight is 261 g/mol. The number of benzene rings is 1. The molecule has 1 aliphatic rings. The summed E-state index contributed by atoms with van der Waals surface area (Å²) in [5, 5.41) is 6.93. The summed E-state index contributed by atoms with van der Waals surface area (Å²) in [6.07, 6.45) is 2.58. The third-order valence-corrected chi connectivity index (χ3v) is 3.70. The van der Waals surface area contributed by atoms with Crippen molar-refractivity contribution in [1.29, 1.82) is 0 Å². The van der Waals surface area contributed by atoms with E-state index in [2.05, 4.69) is 46.7 Å². The van der Waals surface area contributed by atoms with Crippen molar-refractivity contribution in [3.05, 3.63) is 35.4 Å². The van der Waals surface area contributed by atoms with Crippen molar-refractivity contribution >= 4 is 0 Å². The minimum absolute atomic E-state index is 0.995. The Hall–Kier alpha value is -0.900. The Kier molecular flexibility index (Phi) is 6.34. The second kappa shape index (κ2) is 8.31. The van der Waals surface area contributed by atoms with Crippen molar-refractivity contribution in [2.75, 3.05) is 39.3 Å². The molecule has 0 unspecified atom stereocenters. The van der Waals surface area contributed by atoms with Crippen molar-refractivity contribution in [3.8, 4) is 0 Å². The van der Waals surface area contributed by atoms with Gasteiger partial charge in [0, 0.05) is 32.7 Å². The second-order valence-electron chi connectivity index (χ2n) is 5.46. The molecule has 106 valence electrons. The summed E-state index contributed by atoms with van der Waals surface area (Å²) in [6, 6.07) is 8.74. The third-order valence-electron chi connectivity index (χ3n) is 3.70. The summed E-state index contributed by atoms with van der Waals surface area (Å²) >= 11 is 0. The van der Waals surface area contributed by atoms with E-state index in [4.69, 9.17) is 0 Å². The van der Waals surface area contributed by atoms with Gasteiger partial charge < -0.3 is 15.5 Å². The normalized spacial score (nSPS) is 16.7. The Bertz CT molecular complexity index is 359. The van der Waals surface area contributed by atoms with Crippen LogP contribution in [0.3, 0.4) is 0 Å². The van der Waals surface area contributed by atoms with Crippen LogP contribution in [0.4, 0.5) is 0 Å². The molecule has 1 aromatic carbocycles. The van der Waals surface area contributed by atoms with Gasteiger partial charge in [0.05, 0.1) is 0 Å². The van der Waals surface area contributed by atoms with Crippen molar-refractivity contribution < 1.29 is 0 Å². The van der Waals surface area contributed by atoms with Gasteiger partial charge in [-0.2, -0.15) is 0 Å². The van der Waals surface area contributed by atoms with Gasteiger partial charge in [-0.3, -0.25) is 0 Å². The number of hydrogen-bond acceptors (Lipinski definition) is 3. The molecule has 0 saturated carbocycles. The van der Waals surface area contributed by atoms with Gasteiger partial charge in [0.15, 0.2) is 0 Å². The van der Waals surface area contributed by atoms with E-state index < -0.39 is 0 Å². The minimum atomic E-state index is 0.995. The molecule has 0 radical (unpaired) electrons. The van der Waals surface area contributed by atoms with Gasteiger partial charge in [0.2, 0.25) is 0 Å². The highest BCUT2D eigenvalue weighted by molar-refractivity contribution is 5.21. The molecule has 2 rings (SSSR count). The van der Waals surface area contributed by atoms with Gasteiger partial charge in [0.1, 0.15) is 0 Å². The van der Waals surface area contributed by atoms with Crippen LogP contribution < -0.4 is 10.6 Å². The Balaban J connectivity index is 1.50. The van der Waals surface area contributed by atoms with Crippen LogP contribution in [0.15, 0.2) is 24.3 Å². The summed E-state index contributed by atoms with van der Waals surface area (Å²) < 4.78 is 0. The Morgan fingerprint density at radius 3 is 2.84 bits per heavy atom. The van der Waals surface area contributed by atoms with Gasteiger partial charge in [-0.1, -0.05) is 29.8 Å². The summed E-state index contributed by atoms with van der Waals surface area (Å²) in [4.78, 5) is 2.57. The standard InChI is InChI=1S/C16H27N3/c1-15-5-4-6-16(13-15)14-18-7-2-3-10-19-11-8-17-9-12-19/h4-6,13,17-18H,2-3,7-12,14H2,1H3. The number of unbranched alkanes of at least 4 members (excludes halogenated alkanes) is 1. The number of aryl methyl sites for hydroxylation is 1. The predicted molar refractivity (Wildman–Crippen MR) is 81.4 cm³/mol. The molecule has 2 N–H and O–H groups in total. The fraction of sp³-hybridized carbons (Fsp3) is 0.625. The lowest BCUT2D eigenvalue weighted by Gasteiger charge is -2.27. The monoisotopic (exact) mass is 261 g/mol. The fourth-order valence-electron chi connectivity index (χ4n) is 2.57. The highest BCUT2D eigenvalue weighted by Gasteiger charge is 2.07. The average Bonchev–Trinajstić information content (AvgIpc) is 2.44. The van der Waals surface area contributed by atoms with Crippen LogP contribution in [0.2, 0.25) is 0 Å². The highest BCUT2D eigenvalue weighted by atomic mass is 15.2. The summed E-state index contributed by atoms with van der Waals surface area (Å²) in [5.41, 5.74) is 2.74. The van der Waals surface area contributed by atoms with Gasteiger partial charge in [0.25, 0.3) is 0 Å². The van der Waals surface area contributed by atoms with Gasteiger partial charge in [-0.25, -0.2) is 0 Å². The van der Waals surface area contributed by atoms with E-state index in [0.717, 1.165) is 26.2 Å². The molecule has 1 saturated heterocycles. The molecular weight excluding hydrogens is 234 g/mol. The first-order chi connectivity index (χ1) is 9.34. The maximum Gasteiger partial charge on any atom is 0.0205 e. The zero-order valence-corrected chi connectivity index (χ0v) is 12.1. The van der Waals surface area contributed by atoms with Crippen LogP contribution >= 0.6 is 0 Å². The van der Waals surface area contributed by atoms with Crippen molar-refractivity contribution in [3.63, 3.8) is 0 Å². The Morgan fingerprint density at radius 2 is 2.05 bits per heavy atom. The largest absolute Gasteiger partial charge is 0.314 e. The van der Waals surface area contributed by atoms with E-state index in [1.54, 1.807) is 0 Å². The minimum Gasteiger partial charge on any atom is -0.314 e. The Morgan fingerprint density at radius 1 is 1.21 bits per heavy atom. The number of hydrogen-bond donors (Lipinski definition) is 2. The SMILES string of the molecule is Cc1cccc(CNCCCCN2CCNCC2)c1. The molecule has 1 fully saturated rings. The van der Waals surface area contributed by atoms with Gasteiger partial charge in [-0.05, 0) is 38.4 Å². The number of nitrogens with zero attached hydrogens (tertiary/aromatic N) is 1. The molecule has 3 heteroatoms. The van der Waals surface area contributed by atoms with E-state index in [1.807, 2.05) is 0 Å². The quantitative estimate of drug-likeness (QED) is 0.733. The second-order valence-corrected chi connectivity index (χ2v) is 5.46. The highest BCUT2D eigenvalue weighted by Crippen LogP contribution is 2.03. The lowest BCUT2D eigenvalue weighted by molar-refractivity contribution is 0.236. The van der Waals surface area contributed by atoms with Crippen LogP contribution in [0.5, 0.6) is 0 Å². The van der Waals surface area contributed by atoms with E-state index in [1.165, 1.54) is 43.6 Å². The first-order valence-corrected chi connectivity index (χ1v) is 7.54. The molecule has 1 aromatic rings.